The van der Waals surface area contributed by atoms with Gasteiger partial charge in [-0.25, -0.2) is 0 Å². The molecule has 0 nitrogen and oxygen atoms in total. The molecule has 0 radical (unpaired) electrons. The third-order valence-electron chi connectivity index (χ3n) is 7.14. The van der Waals surface area contributed by atoms with Crippen LogP contribution in [0.5, 0.6) is 0 Å². The third kappa shape index (κ3) is 4.49. The molecule has 21 heavy (non-hydrogen) atoms. The predicted molar refractivity (Wildman–Crippen MR) is 92.4 cm³/mol. The summed E-state index contributed by atoms with van der Waals surface area (Å²) in [6.07, 6.45) is 26.4. The molecule has 0 amide bonds. The van der Waals surface area contributed by atoms with Gasteiger partial charge in [0, 0.05) is 0 Å². The zero-order chi connectivity index (χ0) is 14.3. The minimum Gasteiger partial charge on any atom is -0.0533 e. The van der Waals surface area contributed by atoms with E-state index in [1.165, 1.54) is 32.1 Å². The van der Waals surface area contributed by atoms with Crippen molar-refractivity contribution < 1.29 is 0 Å². The van der Waals surface area contributed by atoms with Gasteiger partial charge in [0.05, 0.1) is 0 Å². The van der Waals surface area contributed by atoms with Gasteiger partial charge in [-0.3, -0.25) is 0 Å². The Bertz CT molecular complexity index is 268. The number of rotatable bonds is 2. The van der Waals surface area contributed by atoms with Gasteiger partial charge in [0.2, 0.25) is 0 Å². The normalized spacial score (nSPS) is 34.9. The Labute approximate surface area is 133 Å². The Balaban J connectivity index is 1.69. The van der Waals surface area contributed by atoms with Crippen LogP contribution in [0.2, 0.25) is 0 Å². The van der Waals surface area contributed by atoms with E-state index in [0.717, 1.165) is 23.7 Å². The molecule has 0 aliphatic heterocycles. The van der Waals surface area contributed by atoms with Crippen LogP contribution in [0.3, 0.4) is 0 Å². The van der Waals surface area contributed by atoms with Crippen LogP contribution in [0.25, 0.3) is 0 Å². The largest absolute Gasteiger partial charge is 0.0533 e. The Morgan fingerprint density at radius 3 is 0.952 bits per heavy atom. The lowest BCUT2D eigenvalue weighted by molar-refractivity contribution is 0.0931. The van der Waals surface area contributed by atoms with Crippen LogP contribution >= 0.6 is 0 Å². The molecule has 0 aromatic heterocycles. The average molecular weight is 291 g/mol. The average Bonchev–Trinajstić information content (AvgIpc) is 2.77. The molecular weight excluding hydrogens is 252 g/mol. The van der Waals surface area contributed by atoms with Gasteiger partial charge < -0.3 is 0 Å². The fourth-order valence-electron chi connectivity index (χ4n) is 6.01. The van der Waals surface area contributed by atoms with Crippen molar-refractivity contribution in [2.75, 3.05) is 0 Å². The highest BCUT2D eigenvalue weighted by Crippen LogP contribution is 2.45. The lowest BCUT2D eigenvalue weighted by atomic mass is 9.64. The van der Waals surface area contributed by atoms with Crippen LogP contribution in [0, 0.1) is 23.7 Å². The predicted octanol–water partition coefficient (Wildman–Crippen LogP) is 7.12. The van der Waals surface area contributed by atoms with Gasteiger partial charge >= 0.3 is 0 Å². The molecule has 0 heterocycles. The highest BCUT2D eigenvalue weighted by molar-refractivity contribution is 4.85. The van der Waals surface area contributed by atoms with Gasteiger partial charge in [0.1, 0.15) is 0 Å². The Kier molecular flexibility index (Phi) is 6.49. The third-order valence-corrected chi connectivity index (χ3v) is 7.14. The van der Waals surface area contributed by atoms with Crippen LogP contribution < -0.4 is 0 Å². The summed E-state index contributed by atoms with van der Waals surface area (Å²) >= 11 is 0. The van der Waals surface area contributed by atoms with E-state index in [1.807, 2.05) is 0 Å². The summed E-state index contributed by atoms with van der Waals surface area (Å²) in [6, 6.07) is 0. The van der Waals surface area contributed by atoms with Crippen LogP contribution in [0.4, 0.5) is 0 Å². The first-order chi connectivity index (χ1) is 10.4. The summed E-state index contributed by atoms with van der Waals surface area (Å²) in [4.78, 5) is 0. The highest BCUT2D eigenvalue weighted by atomic mass is 14.4. The molecule has 122 valence electrons. The minimum absolute atomic E-state index is 1.11. The molecule has 2 atom stereocenters. The van der Waals surface area contributed by atoms with Crippen molar-refractivity contribution in [3.8, 4) is 0 Å². The molecule has 0 spiro atoms. The first-order valence-corrected chi connectivity index (χ1v) is 10.4. The van der Waals surface area contributed by atoms with Gasteiger partial charge in [-0.1, -0.05) is 96.3 Å². The smallest absolute Gasteiger partial charge is 0.0355 e. The molecule has 0 saturated heterocycles. The maximum Gasteiger partial charge on any atom is -0.0355 e. The molecule has 3 aliphatic rings. The van der Waals surface area contributed by atoms with E-state index in [0.29, 0.717) is 0 Å². The zero-order valence-electron chi connectivity index (χ0n) is 14.3. The lowest BCUT2D eigenvalue weighted by Gasteiger charge is -2.41. The Morgan fingerprint density at radius 2 is 0.571 bits per heavy atom. The van der Waals surface area contributed by atoms with E-state index in [4.69, 9.17) is 0 Å². The highest BCUT2D eigenvalue weighted by Gasteiger charge is 2.35. The van der Waals surface area contributed by atoms with Crippen molar-refractivity contribution in [1.29, 1.82) is 0 Å². The second kappa shape index (κ2) is 8.59. The van der Waals surface area contributed by atoms with Gasteiger partial charge in [-0.15, -0.1) is 0 Å². The fraction of sp³-hybridized carbons (Fsp3) is 1.00. The topological polar surface area (TPSA) is 0 Å². The molecule has 3 fully saturated rings. The standard InChI is InChI=1S/C21H38/c1-2-7-13-18(12-6-1)20-16-10-3-4-11-17-21(20)19-14-8-5-9-15-19/h18-21H,1-17H2. The summed E-state index contributed by atoms with van der Waals surface area (Å²) in [5.41, 5.74) is 0. The molecule has 3 aliphatic carbocycles. The number of hydrogen-bond donors (Lipinski definition) is 0. The molecule has 0 heteroatoms. The maximum atomic E-state index is 1.59. The molecule has 0 bridgehead atoms. The monoisotopic (exact) mass is 290 g/mol. The number of hydrogen-bond acceptors (Lipinski definition) is 0. The van der Waals surface area contributed by atoms with Gasteiger partial charge in [0.15, 0.2) is 0 Å². The van der Waals surface area contributed by atoms with Crippen LogP contribution in [-0.4, -0.2) is 0 Å². The van der Waals surface area contributed by atoms with Crippen LogP contribution in [0.1, 0.15) is 109 Å². The lowest BCUT2D eigenvalue weighted by Crippen LogP contribution is -2.31. The molecule has 3 rings (SSSR count). The zero-order valence-corrected chi connectivity index (χ0v) is 14.3. The quantitative estimate of drug-likeness (QED) is 0.475. The van der Waals surface area contributed by atoms with Crippen molar-refractivity contribution in [3.63, 3.8) is 0 Å². The van der Waals surface area contributed by atoms with E-state index >= 15 is 0 Å². The molecular formula is C21H38. The van der Waals surface area contributed by atoms with E-state index in [1.54, 1.807) is 77.0 Å². The summed E-state index contributed by atoms with van der Waals surface area (Å²) in [5, 5.41) is 0. The van der Waals surface area contributed by atoms with Gasteiger partial charge in [0.25, 0.3) is 0 Å². The summed E-state index contributed by atoms with van der Waals surface area (Å²) in [5.74, 6) is 4.46. The molecule has 3 saturated carbocycles. The maximum absolute atomic E-state index is 1.59. The second-order valence-corrected chi connectivity index (χ2v) is 8.47. The summed E-state index contributed by atoms with van der Waals surface area (Å²) in [6.45, 7) is 0. The van der Waals surface area contributed by atoms with Crippen molar-refractivity contribution >= 4 is 0 Å². The van der Waals surface area contributed by atoms with Gasteiger partial charge in [-0.05, 0) is 36.5 Å². The first kappa shape index (κ1) is 15.9. The van der Waals surface area contributed by atoms with Crippen molar-refractivity contribution in [1.82, 2.24) is 0 Å². The fourth-order valence-corrected chi connectivity index (χ4v) is 6.01. The second-order valence-electron chi connectivity index (χ2n) is 8.47. The van der Waals surface area contributed by atoms with Crippen molar-refractivity contribution in [2.24, 2.45) is 23.7 Å². The van der Waals surface area contributed by atoms with E-state index in [9.17, 15) is 0 Å². The van der Waals surface area contributed by atoms with Gasteiger partial charge in [-0.2, -0.15) is 0 Å². The minimum atomic E-state index is 1.11. The summed E-state index contributed by atoms with van der Waals surface area (Å²) < 4.78 is 0. The molecule has 0 aromatic carbocycles. The Hall–Kier alpha value is 0. The van der Waals surface area contributed by atoms with Crippen LogP contribution in [-0.2, 0) is 0 Å². The summed E-state index contributed by atoms with van der Waals surface area (Å²) in [7, 11) is 0. The van der Waals surface area contributed by atoms with E-state index < -0.39 is 0 Å². The molecule has 2 unspecified atom stereocenters. The first-order valence-electron chi connectivity index (χ1n) is 10.4. The van der Waals surface area contributed by atoms with Crippen molar-refractivity contribution in [2.45, 2.75) is 109 Å². The molecule has 0 N–H and O–H groups in total. The van der Waals surface area contributed by atoms with Crippen molar-refractivity contribution in [3.05, 3.63) is 0 Å². The Morgan fingerprint density at radius 1 is 0.286 bits per heavy atom. The van der Waals surface area contributed by atoms with Crippen LogP contribution in [0.15, 0.2) is 0 Å². The van der Waals surface area contributed by atoms with E-state index in [-0.39, 0.29) is 0 Å². The SMILES string of the molecule is C1CCCC(C2CCCCCCC2C2CCCCC2)CC1. The van der Waals surface area contributed by atoms with E-state index in [2.05, 4.69) is 0 Å². The molecule has 0 aromatic rings.